The molecule has 0 saturated carbocycles. The molecule has 9 nitrogen and oxygen atoms in total. The largest absolute Gasteiger partial charge is 0.311 e. The topological polar surface area (TPSA) is 88.8 Å². The molecule has 12 aromatic carbocycles. The van der Waals surface area contributed by atoms with Gasteiger partial charge in [-0.3, -0.25) is 0 Å². The van der Waals surface area contributed by atoms with Crippen LogP contribution < -0.4 is 26.2 Å². The van der Waals surface area contributed by atoms with E-state index in [2.05, 4.69) is 309 Å². The van der Waals surface area contributed by atoms with Gasteiger partial charge in [0.2, 0.25) is 0 Å². The normalized spacial score (nSPS) is 13.2. The second-order valence-corrected chi connectivity index (χ2v) is 37.0. The van der Waals surface area contributed by atoms with Crippen molar-refractivity contribution >= 4 is 79.0 Å². The van der Waals surface area contributed by atoms with Gasteiger partial charge in [-0.05, 0) is 178 Å². The van der Waals surface area contributed by atoms with Gasteiger partial charge in [0.15, 0.2) is 34.9 Å². The maximum Gasteiger partial charge on any atom is 0.252 e. The van der Waals surface area contributed by atoms with E-state index in [4.69, 9.17) is 29.9 Å². The zero-order chi connectivity index (χ0) is 78.3. The molecule has 2 aliphatic rings. The lowest BCUT2D eigenvalue weighted by molar-refractivity contribution is 0.568. The molecule has 0 aliphatic carbocycles. The Morgan fingerprint density at radius 3 is 0.964 bits per heavy atom. The Kier molecular flexibility index (Phi) is 17.6. The highest BCUT2D eigenvalue weighted by molar-refractivity contribution is 7.00. The number of nitrogens with zero attached hydrogens (tertiary/aromatic N) is 9. The number of aromatic nitrogens is 7. The second-order valence-electron chi connectivity index (χ2n) is 37.0. The van der Waals surface area contributed by atoms with E-state index < -0.39 is 0 Å². The van der Waals surface area contributed by atoms with Crippen LogP contribution in [-0.4, -0.2) is 41.2 Å². The molecular formula is C102H98BN9. The molecule has 15 aromatic rings. The van der Waals surface area contributed by atoms with E-state index in [9.17, 15) is 0 Å². The molecular weight excluding hydrogens is 1360 g/mol. The van der Waals surface area contributed by atoms with Crippen LogP contribution >= 0.6 is 0 Å². The van der Waals surface area contributed by atoms with E-state index in [1.165, 1.54) is 72.5 Å². The highest BCUT2D eigenvalue weighted by atomic mass is 15.2. The van der Waals surface area contributed by atoms with Crippen LogP contribution in [0.1, 0.15) is 158 Å². The standard InChI is InChI=1S/C102H98BN9/c1-97(2,3)70-45-49-86-81(61-70)103-82-62-71(98(4,5)6)46-50-87(82)111(77-59-74(101(13,14)15)56-75(60-77)102(16,17)18)89-54-69(53-88(90(89)103)110(86)76-57-72(99(7,8)9)55-73(58-76)100(10,11)12)67-43-47-84-79(51-67)78-41-31-32-42-83(78)112(84)85-48-44-68(95-106-91(63-33-23-19-24-34-63)104-92(107-95)64-35-25-20-26-36-64)52-80(85)96-108-93(65-37-27-21-28-38-65)105-94(109-96)66-39-29-22-30-40-66/h19-62H,1-18H3. The van der Waals surface area contributed by atoms with Crippen LogP contribution in [0.25, 0.3) is 107 Å². The monoisotopic (exact) mass is 1460 g/mol. The lowest BCUT2D eigenvalue weighted by Crippen LogP contribution is -2.61. The zero-order valence-corrected chi connectivity index (χ0v) is 68.0. The first-order chi connectivity index (χ1) is 53.3. The van der Waals surface area contributed by atoms with Crippen LogP contribution in [0.15, 0.2) is 267 Å². The molecule has 0 bridgehead atoms. The third kappa shape index (κ3) is 13.4. The van der Waals surface area contributed by atoms with Crippen molar-refractivity contribution in [3.63, 3.8) is 0 Å². The van der Waals surface area contributed by atoms with E-state index >= 15 is 0 Å². The van der Waals surface area contributed by atoms with Gasteiger partial charge in [-0.1, -0.05) is 307 Å². The first-order valence-electron chi connectivity index (χ1n) is 39.6. The first kappa shape index (κ1) is 73.0. The number of para-hydroxylation sites is 1. The maximum absolute atomic E-state index is 5.49. The summed E-state index contributed by atoms with van der Waals surface area (Å²) in [5.74, 6) is 3.28. The van der Waals surface area contributed by atoms with Crippen LogP contribution in [0, 0.1) is 0 Å². The quantitative estimate of drug-likeness (QED) is 0.125. The Morgan fingerprint density at radius 1 is 0.232 bits per heavy atom. The molecule has 0 fully saturated rings. The van der Waals surface area contributed by atoms with Gasteiger partial charge < -0.3 is 14.4 Å². The SMILES string of the molecule is CC(C)(C)c1cc(N2c3ccc(C(C)(C)C)cc3B3c4cc(C(C)(C)C)ccc4N(c4cc(C(C)(C)C)cc(C(C)(C)C)c4)c4cc(-c5ccc6c(c5)c5ccccc5n6-c5ccc(-c6nc(-c7ccccc7)nc(-c7ccccc7)n6)cc5-c5nc(-c6ccccc6)nc(-c6ccccc6)n5)cc2c43)cc(C(C)(C)C)c1. The molecule has 0 N–H and O–H groups in total. The minimum Gasteiger partial charge on any atom is -0.311 e. The van der Waals surface area contributed by atoms with E-state index in [-0.39, 0.29) is 39.2 Å². The van der Waals surface area contributed by atoms with Crippen LogP contribution in [0.2, 0.25) is 0 Å². The minimum atomic E-state index is -0.150. The Hall–Kier alpha value is -11.9. The summed E-state index contributed by atoms with van der Waals surface area (Å²) in [6.45, 7) is 42.3. The Labute approximate surface area is 661 Å². The Bertz CT molecular complexity index is 5850. The van der Waals surface area contributed by atoms with Gasteiger partial charge >= 0.3 is 0 Å². The summed E-state index contributed by atoms with van der Waals surface area (Å²) in [4.78, 5) is 37.2. The lowest BCUT2D eigenvalue weighted by Gasteiger charge is -2.46. The highest BCUT2D eigenvalue weighted by Gasteiger charge is 2.46. The molecule has 0 atom stereocenters. The van der Waals surface area contributed by atoms with Crippen molar-refractivity contribution in [3.05, 3.63) is 300 Å². The molecule has 0 saturated heterocycles. The predicted octanol–water partition coefficient (Wildman–Crippen LogP) is 24.7. The van der Waals surface area contributed by atoms with E-state index in [0.717, 1.165) is 83.4 Å². The number of fused-ring (bicyclic) bond motifs is 7. The maximum atomic E-state index is 5.49. The third-order valence-corrected chi connectivity index (χ3v) is 22.8. The Morgan fingerprint density at radius 2 is 0.571 bits per heavy atom. The average Bonchev–Trinajstić information content (AvgIpc) is 0.798. The van der Waals surface area contributed by atoms with Crippen molar-refractivity contribution in [1.82, 2.24) is 34.5 Å². The zero-order valence-electron chi connectivity index (χ0n) is 68.0. The molecule has 0 radical (unpaired) electrons. The molecule has 554 valence electrons. The van der Waals surface area contributed by atoms with Gasteiger partial charge in [-0.25, -0.2) is 29.9 Å². The number of hydrogen-bond acceptors (Lipinski definition) is 8. The molecule has 0 spiro atoms. The molecule has 112 heavy (non-hydrogen) atoms. The first-order valence-corrected chi connectivity index (χ1v) is 39.6. The Balaban J connectivity index is 0.952. The fraction of sp³-hybridized carbons (Fsp3) is 0.235. The van der Waals surface area contributed by atoms with Gasteiger partial charge in [0.1, 0.15) is 0 Å². The summed E-state index contributed by atoms with van der Waals surface area (Å²) in [5, 5.41) is 2.21. The molecule has 3 aromatic heterocycles. The summed E-state index contributed by atoms with van der Waals surface area (Å²) < 4.78 is 2.40. The predicted molar refractivity (Wildman–Crippen MR) is 472 cm³/mol. The summed E-state index contributed by atoms with van der Waals surface area (Å²) in [5.41, 5.74) is 28.1. The van der Waals surface area contributed by atoms with E-state index in [0.29, 0.717) is 34.9 Å². The van der Waals surface area contributed by atoms with Crippen molar-refractivity contribution in [2.24, 2.45) is 0 Å². The summed E-state index contributed by atoms with van der Waals surface area (Å²) in [6, 6.07) is 98.0. The van der Waals surface area contributed by atoms with Gasteiger partial charge in [-0.2, -0.15) is 0 Å². The minimum absolute atomic E-state index is 0.123. The third-order valence-electron chi connectivity index (χ3n) is 22.8. The smallest absolute Gasteiger partial charge is 0.252 e. The molecule has 10 heteroatoms. The van der Waals surface area contributed by atoms with Crippen molar-refractivity contribution in [1.29, 1.82) is 0 Å². The average molecular weight is 1460 g/mol. The van der Waals surface area contributed by atoms with Gasteiger partial charge in [-0.15, -0.1) is 0 Å². The number of benzene rings is 12. The molecule has 0 amide bonds. The molecule has 0 unspecified atom stereocenters. The lowest BCUT2D eigenvalue weighted by atomic mass is 9.33. The fourth-order valence-corrected chi connectivity index (χ4v) is 16.2. The van der Waals surface area contributed by atoms with Crippen molar-refractivity contribution in [2.45, 2.75) is 157 Å². The number of rotatable bonds is 10. The van der Waals surface area contributed by atoms with Gasteiger partial charge in [0.05, 0.1) is 16.7 Å². The molecule has 5 heterocycles. The van der Waals surface area contributed by atoms with Crippen molar-refractivity contribution < 1.29 is 0 Å². The number of hydrogen-bond donors (Lipinski definition) is 0. The molecule has 2 aliphatic heterocycles. The van der Waals surface area contributed by atoms with Gasteiger partial charge in [0.25, 0.3) is 6.71 Å². The highest BCUT2D eigenvalue weighted by Crippen LogP contribution is 2.51. The van der Waals surface area contributed by atoms with Crippen LogP contribution in [0.3, 0.4) is 0 Å². The van der Waals surface area contributed by atoms with E-state index in [1.54, 1.807) is 0 Å². The van der Waals surface area contributed by atoms with Crippen LogP contribution in [-0.2, 0) is 32.5 Å². The van der Waals surface area contributed by atoms with E-state index in [1.807, 2.05) is 97.1 Å². The second kappa shape index (κ2) is 27.0. The summed E-state index contributed by atoms with van der Waals surface area (Å²) >= 11 is 0. The summed E-state index contributed by atoms with van der Waals surface area (Å²) in [7, 11) is 0. The summed E-state index contributed by atoms with van der Waals surface area (Å²) in [6.07, 6.45) is 0. The number of anilines is 6. The van der Waals surface area contributed by atoms with Crippen molar-refractivity contribution in [2.75, 3.05) is 9.80 Å². The fourth-order valence-electron chi connectivity index (χ4n) is 16.2. The van der Waals surface area contributed by atoms with Crippen LogP contribution in [0.4, 0.5) is 34.1 Å². The van der Waals surface area contributed by atoms with Crippen molar-refractivity contribution in [3.8, 4) is 85.1 Å². The van der Waals surface area contributed by atoms with Gasteiger partial charge in [0, 0.05) is 78.3 Å². The van der Waals surface area contributed by atoms with Crippen LogP contribution in [0.5, 0.6) is 0 Å². The molecule has 17 rings (SSSR count).